The van der Waals surface area contributed by atoms with Gasteiger partial charge in [-0.3, -0.25) is 9.48 Å². The molecule has 0 radical (unpaired) electrons. The predicted octanol–water partition coefficient (Wildman–Crippen LogP) is 3.28. The van der Waals surface area contributed by atoms with Crippen molar-refractivity contribution >= 4 is 17.7 Å². The first-order valence-corrected chi connectivity index (χ1v) is 11.3. The van der Waals surface area contributed by atoms with E-state index >= 15 is 0 Å². The van der Waals surface area contributed by atoms with E-state index in [1.54, 1.807) is 10.7 Å². The lowest BCUT2D eigenvalue weighted by Crippen LogP contribution is -2.39. The third-order valence-corrected chi connectivity index (χ3v) is 6.80. The van der Waals surface area contributed by atoms with Crippen LogP contribution in [0.4, 0.5) is 13.2 Å². The Bertz CT molecular complexity index is 921. The highest BCUT2D eigenvalue weighted by atomic mass is 32.2. The zero-order chi connectivity index (χ0) is 21.3. The first-order chi connectivity index (χ1) is 14.3. The van der Waals surface area contributed by atoms with Crippen molar-refractivity contribution in [3.63, 3.8) is 0 Å². The maximum Gasteiger partial charge on any atom is 0.416 e. The van der Waals surface area contributed by atoms with Gasteiger partial charge in [0.15, 0.2) is 5.69 Å². The lowest BCUT2D eigenvalue weighted by molar-refractivity contribution is -0.138. The molecule has 0 saturated carbocycles. The average molecular weight is 439 g/mol. The van der Waals surface area contributed by atoms with Gasteiger partial charge in [-0.2, -0.15) is 30.0 Å². The predicted molar refractivity (Wildman–Crippen MR) is 111 cm³/mol. The van der Waals surface area contributed by atoms with E-state index in [1.165, 1.54) is 12.1 Å². The van der Waals surface area contributed by atoms with Gasteiger partial charge >= 0.3 is 6.18 Å². The fraction of sp³-hybridized carbons (Fsp3) is 0.524. The Morgan fingerprint density at radius 3 is 2.73 bits per heavy atom. The first kappa shape index (κ1) is 21.2. The molecule has 1 N–H and O–H groups in total. The number of carbonyl (C=O) groups is 1. The van der Waals surface area contributed by atoms with Crippen molar-refractivity contribution in [2.75, 3.05) is 24.6 Å². The summed E-state index contributed by atoms with van der Waals surface area (Å²) in [7, 11) is 1.86. The Kier molecular flexibility index (Phi) is 6.11. The van der Waals surface area contributed by atoms with Crippen LogP contribution in [0.25, 0.3) is 0 Å². The van der Waals surface area contributed by atoms with Crippen LogP contribution in [0, 0.1) is 0 Å². The smallest absolute Gasteiger partial charge is 0.336 e. The van der Waals surface area contributed by atoms with Gasteiger partial charge < -0.3 is 10.2 Å². The van der Waals surface area contributed by atoms with Crippen LogP contribution in [0.3, 0.4) is 0 Å². The molecule has 30 heavy (non-hydrogen) atoms. The first-order valence-electron chi connectivity index (χ1n) is 10.1. The molecule has 1 saturated heterocycles. The molecule has 9 heteroatoms. The Hall–Kier alpha value is -2.00. The molecule has 0 spiro atoms. The minimum absolute atomic E-state index is 0.00597. The van der Waals surface area contributed by atoms with E-state index in [4.69, 9.17) is 0 Å². The highest BCUT2D eigenvalue weighted by Crippen LogP contribution is 2.32. The van der Waals surface area contributed by atoms with Gasteiger partial charge in [0.25, 0.3) is 5.91 Å². The molecule has 1 amide bonds. The van der Waals surface area contributed by atoms with Crippen LogP contribution >= 0.6 is 11.8 Å². The van der Waals surface area contributed by atoms with Gasteiger partial charge in [0.1, 0.15) is 0 Å². The Morgan fingerprint density at radius 2 is 2.00 bits per heavy atom. The third kappa shape index (κ3) is 4.37. The molecule has 0 bridgehead atoms. The van der Waals surface area contributed by atoms with Crippen molar-refractivity contribution in [3.8, 4) is 0 Å². The summed E-state index contributed by atoms with van der Waals surface area (Å²) < 4.78 is 41.5. The van der Waals surface area contributed by atoms with Gasteiger partial charge in [-0.25, -0.2) is 0 Å². The van der Waals surface area contributed by atoms with Crippen molar-refractivity contribution < 1.29 is 18.0 Å². The molecule has 1 aliphatic carbocycles. The zero-order valence-corrected chi connectivity index (χ0v) is 17.7. The molecule has 1 aromatic carbocycles. The molecule has 1 fully saturated rings. The second kappa shape index (κ2) is 8.63. The maximum atomic E-state index is 13.2. The molecule has 1 aromatic heterocycles. The summed E-state index contributed by atoms with van der Waals surface area (Å²) in [6.45, 7) is 1.60. The number of nitrogens with zero attached hydrogens (tertiary/aromatic N) is 3. The number of fused-ring (bicyclic) bond motifs is 1. The normalized spacial score (nSPS) is 19.6. The fourth-order valence-corrected chi connectivity index (χ4v) is 5.16. The molecule has 0 unspecified atom stereocenters. The molecule has 162 valence electrons. The quantitative estimate of drug-likeness (QED) is 0.796. The van der Waals surface area contributed by atoms with Gasteiger partial charge in [0, 0.05) is 55.5 Å². The number of nitrogens with one attached hydrogen (secondary N) is 1. The number of aryl methyl sites for hydroxylation is 1. The second-order valence-electron chi connectivity index (χ2n) is 7.78. The molecule has 2 heterocycles. The van der Waals surface area contributed by atoms with E-state index in [9.17, 15) is 18.0 Å². The molecule has 5 nitrogen and oxygen atoms in total. The van der Waals surface area contributed by atoms with Crippen molar-refractivity contribution in [2.45, 2.75) is 38.0 Å². The Balaban J connectivity index is 1.48. The monoisotopic (exact) mass is 438 g/mol. The standard InChI is InChI=1S/C21H25F3N4OS/c1-27-18-7-6-15(25-13-14-4-2-3-5-17(14)21(22,23)24)12-16(18)19(26-27)20(29)28-8-10-30-11-9-28/h2-5,15,25H,6-13H2,1H3/t15-/m0/s1. The van der Waals surface area contributed by atoms with Crippen molar-refractivity contribution in [1.29, 1.82) is 0 Å². The summed E-state index contributed by atoms with van der Waals surface area (Å²) in [4.78, 5) is 14.9. The number of benzene rings is 1. The van der Waals surface area contributed by atoms with Crippen LogP contribution in [0.1, 0.15) is 39.3 Å². The molecule has 4 rings (SSSR count). The number of hydrogen-bond acceptors (Lipinski definition) is 4. The molecular formula is C21H25F3N4OS. The fourth-order valence-electron chi connectivity index (χ4n) is 4.26. The van der Waals surface area contributed by atoms with Gasteiger partial charge in [0.05, 0.1) is 5.56 Å². The number of thioether (sulfide) groups is 1. The summed E-state index contributed by atoms with van der Waals surface area (Å²) in [6, 6.07) is 5.67. The van der Waals surface area contributed by atoms with Gasteiger partial charge in [-0.15, -0.1) is 0 Å². The van der Waals surface area contributed by atoms with Gasteiger partial charge in [-0.1, -0.05) is 18.2 Å². The van der Waals surface area contributed by atoms with E-state index in [-0.39, 0.29) is 24.1 Å². The van der Waals surface area contributed by atoms with Crippen LogP contribution in [0.2, 0.25) is 0 Å². The number of carbonyl (C=O) groups excluding carboxylic acids is 1. The lowest BCUT2D eigenvalue weighted by atomic mass is 9.90. The van der Waals surface area contributed by atoms with Gasteiger partial charge in [-0.05, 0) is 30.9 Å². The average Bonchev–Trinajstić information content (AvgIpc) is 3.08. The van der Waals surface area contributed by atoms with Crippen LogP contribution in [0.15, 0.2) is 24.3 Å². The van der Waals surface area contributed by atoms with E-state index in [0.29, 0.717) is 12.1 Å². The number of rotatable bonds is 4. The summed E-state index contributed by atoms with van der Waals surface area (Å²) in [5.74, 6) is 1.84. The number of aromatic nitrogens is 2. The van der Waals surface area contributed by atoms with E-state index in [0.717, 1.165) is 54.8 Å². The topological polar surface area (TPSA) is 50.2 Å². The second-order valence-corrected chi connectivity index (χ2v) is 9.00. The lowest BCUT2D eigenvalue weighted by Gasteiger charge is -2.27. The van der Waals surface area contributed by atoms with Crippen LogP contribution in [-0.2, 0) is 32.6 Å². The SMILES string of the molecule is Cn1nc(C(=O)N2CCSCC2)c2c1CC[C@H](NCc1ccccc1C(F)(F)F)C2. The minimum atomic E-state index is -4.37. The van der Waals surface area contributed by atoms with Crippen molar-refractivity contribution in [3.05, 3.63) is 52.3 Å². The molecular weight excluding hydrogens is 413 g/mol. The Morgan fingerprint density at radius 1 is 1.27 bits per heavy atom. The number of alkyl halides is 3. The third-order valence-electron chi connectivity index (χ3n) is 5.86. The molecule has 1 aliphatic heterocycles. The molecule has 1 atom stereocenters. The van der Waals surface area contributed by atoms with E-state index in [2.05, 4.69) is 10.4 Å². The highest BCUT2D eigenvalue weighted by molar-refractivity contribution is 7.99. The summed E-state index contributed by atoms with van der Waals surface area (Å²) in [5, 5.41) is 7.79. The summed E-state index contributed by atoms with van der Waals surface area (Å²) in [5.41, 5.74) is 2.13. The van der Waals surface area contributed by atoms with Crippen molar-refractivity contribution in [2.24, 2.45) is 7.05 Å². The number of hydrogen-bond donors (Lipinski definition) is 1. The highest BCUT2D eigenvalue weighted by Gasteiger charge is 2.34. The summed E-state index contributed by atoms with van der Waals surface area (Å²) >= 11 is 1.84. The molecule has 2 aromatic rings. The van der Waals surface area contributed by atoms with Gasteiger partial charge in [0.2, 0.25) is 0 Å². The van der Waals surface area contributed by atoms with Crippen LogP contribution in [-0.4, -0.2) is 51.2 Å². The van der Waals surface area contributed by atoms with E-state index in [1.807, 2.05) is 23.7 Å². The van der Waals surface area contributed by atoms with Crippen LogP contribution < -0.4 is 5.32 Å². The summed E-state index contributed by atoms with van der Waals surface area (Å²) in [6.07, 6.45) is -2.22. The maximum absolute atomic E-state index is 13.2. The number of halogens is 3. The molecule has 2 aliphatic rings. The number of amides is 1. The minimum Gasteiger partial charge on any atom is -0.336 e. The zero-order valence-electron chi connectivity index (χ0n) is 16.8. The van der Waals surface area contributed by atoms with Crippen molar-refractivity contribution in [1.82, 2.24) is 20.0 Å². The Labute approximate surface area is 178 Å². The van der Waals surface area contributed by atoms with Crippen LogP contribution in [0.5, 0.6) is 0 Å². The largest absolute Gasteiger partial charge is 0.416 e. The van der Waals surface area contributed by atoms with E-state index < -0.39 is 11.7 Å².